The second-order valence-corrected chi connectivity index (χ2v) is 7.64. The molecular formula is C24H30N6O2. The molecule has 0 amide bonds. The van der Waals surface area contributed by atoms with Gasteiger partial charge in [-0.25, -0.2) is 0 Å². The molecule has 1 N–H and O–H groups in total. The van der Waals surface area contributed by atoms with Gasteiger partial charge in [-0.15, -0.1) is 0 Å². The fourth-order valence-corrected chi connectivity index (χ4v) is 3.53. The predicted molar refractivity (Wildman–Crippen MR) is 128 cm³/mol. The number of anilines is 2. The minimum Gasteiger partial charge on any atom is -0.463 e. The molecule has 0 aliphatic carbocycles. The molecule has 0 saturated carbocycles. The number of hydrogen-bond acceptors (Lipinski definition) is 8. The van der Waals surface area contributed by atoms with Crippen LogP contribution in [0.3, 0.4) is 0 Å². The predicted octanol–water partition coefficient (Wildman–Crippen LogP) is 3.84. The van der Waals surface area contributed by atoms with Gasteiger partial charge in [0.25, 0.3) is 0 Å². The van der Waals surface area contributed by atoms with Crippen molar-refractivity contribution in [3.8, 4) is 6.01 Å². The Hall–Kier alpha value is -3.26. The lowest BCUT2D eigenvalue weighted by Crippen LogP contribution is -2.36. The summed E-state index contributed by atoms with van der Waals surface area (Å²) in [6.45, 7) is 5.54. The molecule has 8 heteroatoms. The number of aryl methyl sites for hydroxylation is 1. The van der Waals surface area contributed by atoms with Gasteiger partial charge < -0.3 is 14.4 Å². The second-order valence-electron chi connectivity index (χ2n) is 7.64. The van der Waals surface area contributed by atoms with Crippen molar-refractivity contribution in [1.82, 2.24) is 9.97 Å². The van der Waals surface area contributed by atoms with Crippen LogP contribution in [0.5, 0.6) is 6.01 Å². The summed E-state index contributed by atoms with van der Waals surface area (Å²) in [5.41, 5.74) is 6.40. The first-order valence-corrected chi connectivity index (χ1v) is 11.2. The Labute approximate surface area is 189 Å². The summed E-state index contributed by atoms with van der Waals surface area (Å²) in [5, 5.41) is 4.38. The minimum absolute atomic E-state index is 0.333. The molecule has 32 heavy (non-hydrogen) atoms. The van der Waals surface area contributed by atoms with Gasteiger partial charge >= 0.3 is 6.01 Å². The molecule has 1 saturated heterocycles. The fourth-order valence-electron chi connectivity index (χ4n) is 3.53. The molecule has 1 aromatic heterocycles. The van der Waals surface area contributed by atoms with Crippen molar-refractivity contribution < 1.29 is 9.47 Å². The van der Waals surface area contributed by atoms with Gasteiger partial charge in [0.1, 0.15) is 5.82 Å². The summed E-state index contributed by atoms with van der Waals surface area (Å²) in [6.07, 6.45) is 9.68. The molecule has 2 aromatic rings. The lowest BCUT2D eigenvalue weighted by molar-refractivity contribution is 0.122. The molecule has 0 atom stereocenters. The number of aromatic nitrogens is 2. The van der Waals surface area contributed by atoms with Crippen LogP contribution in [0.4, 0.5) is 11.6 Å². The van der Waals surface area contributed by atoms with Gasteiger partial charge in [0, 0.05) is 37.5 Å². The first kappa shape index (κ1) is 22.0. The summed E-state index contributed by atoms with van der Waals surface area (Å²) < 4.78 is 11.4. The second kappa shape index (κ2) is 11.4. The molecule has 0 spiro atoms. The van der Waals surface area contributed by atoms with E-state index in [9.17, 15) is 0 Å². The highest BCUT2D eigenvalue weighted by atomic mass is 16.5. The van der Waals surface area contributed by atoms with Crippen LogP contribution in [-0.4, -0.2) is 55.3 Å². The standard InChI is InChI=1S/C24H30N6O2/c1-2-19-6-5-7-20(16-19)18-26-29-22-17-23(30-11-14-31-15-12-30)28-24(27-22)32-13-9-21-8-3-4-10-25-21/h5-8,10,16-18H,2-4,9,11-15H2,1H3,(H,27,28,29)/b26-18+. The first-order valence-electron chi connectivity index (χ1n) is 11.2. The smallest absolute Gasteiger partial charge is 0.320 e. The molecule has 2 aliphatic heterocycles. The van der Waals surface area contributed by atoms with Crippen LogP contribution in [0.15, 0.2) is 52.2 Å². The molecule has 4 rings (SSSR count). The SMILES string of the molecule is CCc1cccc(/C=N/Nc2cc(N3CCOCC3)nc(OCCC3=CCCC=N3)n2)c1. The molecule has 0 unspecified atom stereocenters. The van der Waals surface area contributed by atoms with Gasteiger partial charge in [0.15, 0.2) is 5.82 Å². The Bertz CT molecular complexity index is 982. The molecule has 1 aromatic carbocycles. The van der Waals surface area contributed by atoms with E-state index in [1.165, 1.54) is 5.56 Å². The van der Waals surface area contributed by atoms with E-state index in [2.05, 4.69) is 55.5 Å². The van der Waals surface area contributed by atoms with Crippen molar-refractivity contribution in [3.63, 3.8) is 0 Å². The third-order valence-electron chi connectivity index (χ3n) is 5.30. The van der Waals surface area contributed by atoms with E-state index >= 15 is 0 Å². The topological polar surface area (TPSA) is 84.2 Å². The van der Waals surface area contributed by atoms with Gasteiger partial charge in [-0.2, -0.15) is 15.1 Å². The largest absolute Gasteiger partial charge is 0.463 e. The number of aliphatic imine (C=N–C) groups is 1. The normalized spacial score (nSPS) is 16.3. The molecule has 8 nitrogen and oxygen atoms in total. The van der Waals surface area contributed by atoms with E-state index in [-0.39, 0.29) is 0 Å². The lowest BCUT2D eigenvalue weighted by Gasteiger charge is -2.28. The molecule has 0 radical (unpaired) electrons. The monoisotopic (exact) mass is 434 g/mol. The number of benzene rings is 1. The van der Waals surface area contributed by atoms with Crippen molar-refractivity contribution in [3.05, 3.63) is 53.2 Å². The van der Waals surface area contributed by atoms with Gasteiger partial charge in [0.2, 0.25) is 0 Å². The van der Waals surface area contributed by atoms with Crippen LogP contribution < -0.4 is 15.1 Å². The van der Waals surface area contributed by atoms with Crippen molar-refractivity contribution >= 4 is 24.1 Å². The number of rotatable bonds is 9. The number of hydrogen-bond donors (Lipinski definition) is 1. The van der Waals surface area contributed by atoms with Gasteiger partial charge in [-0.1, -0.05) is 37.3 Å². The zero-order valence-electron chi connectivity index (χ0n) is 18.5. The number of allylic oxidation sites excluding steroid dienone is 1. The maximum Gasteiger partial charge on any atom is 0.320 e. The molecule has 3 heterocycles. The Morgan fingerprint density at radius 3 is 2.91 bits per heavy atom. The molecule has 0 bridgehead atoms. The Morgan fingerprint density at radius 2 is 2.09 bits per heavy atom. The van der Waals surface area contributed by atoms with Crippen molar-refractivity contribution in [2.75, 3.05) is 43.2 Å². The third kappa shape index (κ3) is 6.37. The summed E-state index contributed by atoms with van der Waals surface area (Å²) >= 11 is 0. The van der Waals surface area contributed by atoms with Crippen LogP contribution in [0.1, 0.15) is 37.3 Å². The number of morpholine rings is 1. The molecule has 2 aliphatic rings. The maximum atomic E-state index is 5.89. The van der Waals surface area contributed by atoms with Gasteiger partial charge in [-0.3, -0.25) is 10.4 Å². The Morgan fingerprint density at radius 1 is 1.19 bits per heavy atom. The van der Waals surface area contributed by atoms with E-state index in [1.54, 1.807) is 6.21 Å². The molecular weight excluding hydrogens is 404 g/mol. The van der Waals surface area contributed by atoms with Crippen molar-refractivity contribution in [2.24, 2.45) is 10.1 Å². The number of nitrogens with zero attached hydrogens (tertiary/aromatic N) is 5. The zero-order chi connectivity index (χ0) is 22.0. The third-order valence-corrected chi connectivity index (χ3v) is 5.30. The van der Waals surface area contributed by atoms with Crippen molar-refractivity contribution in [2.45, 2.75) is 32.6 Å². The van der Waals surface area contributed by atoms with E-state index in [4.69, 9.17) is 9.47 Å². The molecule has 168 valence electrons. The van der Waals surface area contributed by atoms with Crippen LogP contribution >= 0.6 is 0 Å². The Kier molecular flexibility index (Phi) is 7.81. The number of nitrogens with one attached hydrogen (secondary N) is 1. The summed E-state index contributed by atoms with van der Waals surface area (Å²) in [4.78, 5) is 15.7. The van der Waals surface area contributed by atoms with Crippen molar-refractivity contribution in [1.29, 1.82) is 0 Å². The lowest BCUT2D eigenvalue weighted by atomic mass is 10.1. The fraction of sp³-hybridized carbons (Fsp3) is 0.417. The summed E-state index contributed by atoms with van der Waals surface area (Å²) in [7, 11) is 0. The quantitative estimate of drug-likeness (QED) is 0.477. The first-order chi connectivity index (χ1) is 15.8. The summed E-state index contributed by atoms with van der Waals surface area (Å²) in [6, 6.07) is 10.5. The van der Waals surface area contributed by atoms with Gasteiger partial charge in [0.05, 0.1) is 26.0 Å². The van der Waals surface area contributed by atoms with Crippen LogP contribution in [-0.2, 0) is 11.2 Å². The van der Waals surface area contributed by atoms with Gasteiger partial charge in [-0.05, 0) is 30.4 Å². The Balaban J connectivity index is 1.45. The van der Waals surface area contributed by atoms with Crippen LogP contribution in [0, 0.1) is 0 Å². The highest BCUT2D eigenvalue weighted by Gasteiger charge is 2.16. The van der Waals surface area contributed by atoms with Crippen LogP contribution in [0.2, 0.25) is 0 Å². The van der Waals surface area contributed by atoms with E-state index in [1.807, 2.05) is 24.4 Å². The number of ether oxygens (including phenoxy) is 2. The highest BCUT2D eigenvalue weighted by Crippen LogP contribution is 2.21. The average Bonchev–Trinajstić information content (AvgIpc) is 2.85. The minimum atomic E-state index is 0.333. The molecule has 1 fully saturated rings. The van der Waals surface area contributed by atoms with E-state index in [0.717, 1.165) is 55.9 Å². The number of hydrazone groups is 1. The summed E-state index contributed by atoms with van der Waals surface area (Å²) in [5.74, 6) is 1.40. The zero-order valence-corrected chi connectivity index (χ0v) is 18.5. The van der Waals surface area contributed by atoms with E-state index < -0.39 is 0 Å². The highest BCUT2D eigenvalue weighted by molar-refractivity contribution is 5.80. The van der Waals surface area contributed by atoms with E-state index in [0.29, 0.717) is 31.6 Å². The van der Waals surface area contributed by atoms with Crippen LogP contribution in [0.25, 0.3) is 0 Å². The average molecular weight is 435 g/mol. The maximum absolute atomic E-state index is 5.89.